The second-order valence-electron chi connectivity index (χ2n) is 8.08. The Labute approximate surface area is 183 Å². The monoisotopic (exact) mass is 430 g/mol. The normalized spacial score (nSPS) is 13.5. The van der Waals surface area contributed by atoms with Crippen LogP contribution < -0.4 is 5.32 Å². The van der Waals surface area contributed by atoms with Crippen molar-refractivity contribution in [2.45, 2.75) is 39.2 Å². The lowest BCUT2D eigenvalue weighted by Gasteiger charge is -2.12. The molecule has 0 bridgehead atoms. The Morgan fingerprint density at radius 3 is 2.88 bits per heavy atom. The van der Waals surface area contributed by atoms with Gasteiger partial charge in [0.25, 0.3) is 11.6 Å². The van der Waals surface area contributed by atoms with E-state index in [4.69, 9.17) is 0 Å². The van der Waals surface area contributed by atoms with Gasteiger partial charge in [0, 0.05) is 53.4 Å². The smallest absolute Gasteiger partial charge is 0.270 e. The van der Waals surface area contributed by atoms with Gasteiger partial charge in [-0.2, -0.15) is 0 Å². The van der Waals surface area contributed by atoms with Crippen LogP contribution in [-0.2, 0) is 13.0 Å². The molecule has 1 amide bonds. The van der Waals surface area contributed by atoms with Crippen molar-refractivity contribution >= 4 is 28.2 Å². The fourth-order valence-corrected chi connectivity index (χ4v) is 4.19. The number of anilines is 1. The Morgan fingerprint density at radius 1 is 1.16 bits per heavy atom. The topological polar surface area (TPSA) is 119 Å². The van der Waals surface area contributed by atoms with E-state index in [1.165, 1.54) is 18.6 Å². The number of benzene rings is 2. The molecule has 0 saturated heterocycles. The molecule has 0 unspecified atom stereocenters. The summed E-state index contributed by atoms with van der Waals surface area (Å²) < 4.78 is 2.17. The van der Waals surface area contributed by atoms with Crippen LogP contribution in [0.2, 0.25) is 0 Å². The zero-order valence-electron chi connectivity index (χ0n) is 17.6. The summed E-state index contributed by atoms with van der Waals surface area (Å²) in [6.45, 7) is 2.81. The first kappa shape index (κ1) is 19.9. The lowest BCUT2D eigenvalue weighted by Crippen LogP contribution is -2.12. The molecule has 4 aromatic rings. The minimum atomic E-state index is -0.469. The molecule has 1 aliphatic rings. The lowest BCUT2D eigenvalue weighted by molar-refractivity contribution is -0.384. The van der Waals surface area contributed by atoms with Gasteiger partial charge in [0.15, 0.2) is 5.82 Å². The van der Waals surface area contributed by atoms with Crippen molar-refractivity contribution in [3.05, 3.63) is 69.7 Å². The van der Waals surface area contributed by atoms with E-state index in [-0.39, 0.29) is 11.6 Å². The zero-order valence-corrected chi connectivity index (χ0v) is 17.6. The molecule has 0 radical (unpaired) electrons. The Hall–Kier alpha value is -4.01. The van der Waals surface area contributed by atoms with E-state index in [2.05, 4.69) is 25.1 Å². The van der Waals surface area contributed by atoms with Gasteiger partial charge in [0.05, 0.1) is 10.5 Å². The van der Waals surface area contributed by atoms with Crippen molar-refractivity contribution in [2.24, 2.45) is 0 Å². The van der Waals surface area contributed by atoms with Gasteiger partial charge in [-0.3, -0.25) is 14.9 Å². The minimum absolute atomic E-state index is 0.0585. The number of nitrogens with one attached hydrogen (secondary N) is 2. The highest BCUT2D eigenvalue weighted by atomic mass is 16.6. The average Bonchev–Trinajstić information content (AvgIpc) is 3.32. The maximum Gasteiger partial charge on any atom is 0.270 e. The summed E-state index contributed by atoms with van der Waals surface area (Å²) in [6.07, 6.45) is 5.90. The van der Waals surface area contributed by atoms with Crippen LogP contribution in [-0.4, -0.2) is 30.6 Å². The molecule has 32 heavy (non-hydrogen) atoms. The highest BCUT2D eigenvalue weighted by molar-refractivity contribution is 6.13. The van der Waals surface area contributed by atoms with E-state index >= 15 is 0 Å². The standard InChI is InChI=1S/C23H22N6O3/c1-14-6-7-15(22-27-26-21-5-3-2-4-10-28(21)22)11-20(14)25-23(30)18-13-24-19-9-8-16(29(31)32)12-17(18)19/h6-9,11-13,24H,2-5,10H2,1H3,(H,25,30). The number of fused-ring (bicyclic) bond motifs is 2. The number of aromatic amines is 1. The average molecular weight is 430 g/mol. The number of carbonyl (C=O) groups excluding carboxylic acids is 1. The maximum atomic E-state index is 13.1. The molecule has 0 saturated carbocycles. The molecule has 2 aromatic heterocycles. The summed E-state index contributed by atoms with van der Waals surface area (Å²) in [5.74, 6) is 1.47. The number of nitrogens with zero attached hydrogens (tertiary/aromatic N) is 4. The number of amides is 1. The Balaban J connectivity index is 1.47. The number of rotatable bonds is 4. The van der Waals surface area contributed by atoms with Gasteiger partial charge in [-0.25, -0.2) is 0 Å². The molecule has 9 nitrogen and oxygen atoms in total. The van der Waals surface area contributed by atoms with Crippen LogP contribution in [0.4, 0.5) is 11.4 Å². The summed E-state index contributed by atoms with van der Waals surface area (Å²) in [4.78, 5) is 26.7. The number of carbonyl (C=O) groups is 1. The van der Waals surface area contributed by atoms with E-state index in [1.807, 2.05) is 25.1 Å². The summed E-state index contributed by atoms with van der Waals surface area (Å²) in [5, 5.41) is 23.4. The SMILES string of the molecule is Cc1ccc(-c2nnc3n2CCCCC3)cc1NC(=O)c1c[nH]c2ccc([N+](=O)[O-])cc12. The van der Waals surface area contributed by atoms with Gasteiger partial charge >= 0.3 is 0 Å². The van der Waals surface area contributed by atoms with E-state index in [9.17, 15) is 14.9 Å². The van der Waals surface area contributed by atoms with Crippen LogP contribution in [0.15, 0.2) is 42.6 Å². The van der Waals surface area contributed by atoms with E-state index in [0.29, 0.717) is 22.2 Å². The van der Waals surface area contributed by atoms with Crippen LogP contribution in [0.25, 0.3) is 22.3 Å². The number of H-pyrrole nitrogens is 1. The fourth-order valence-electron chi connectivity index (χ4n) is 4.19. The molecule has 9 heteroatoms. The first-order valence-electron chi connectivity index (χ1n) is 10.6. The summed E-state index contributed by atoms with van der Waals surface area (Å²) >= 11 is 0. The number of aryl methyl sites for hydroxylation is 2. The molecule has 2 N–H and O–H groups in total. The van der Waals surface area contributed by atoms with Crippen molar-refractivity contribution < 1.29 is 9.72 Å². The third kappa shape index (κ3) is 3.51. The van der Waals surface area contributed by atoms with E-state index < -0.39 is 4.92 Å². The Kier molecular flexibility index (Phi) is 4.93. The van der Waals surface area contributed by atoms with Gasteiger partial charge in [-0.05, 0) is 37.5 Å². The van der Waals surface area contributed by atoms with E-state index in [0.717, 1.165) is 48.6 Å². The molecule has 0 fully saturated rings. The summed E-state index contributed by atoms with van der Waals surface area (Å²) in [6, 6.07) is 10.3. The minimum Gasteiger partial charge on any atom is -0.360 e. The molecule has 5 rings (SSSR count). The second kappa shape index (κ2) is 7.92. The highest BCUT2D eigenvalue weighted by Crippen LogP contribution is 2.29. The van der Waals surface area contributed by atoms with E-state index in [1.54, 1.807) is 12.3 Å². The number of hydrogen-bond donors (Lipinski definition) is 2. The molecular weight excluding hydrogens is 408 g/mol. The number of nitro groups is 1. The third-order valence-corrected chi connectivity index (χ3v) is 5.97. The number of hydrogen-bond acceptors (Lipinski definition) is 5. The van der Waals surface area contributed by atoms with Gasteiger partial charge in [0.2, 0.25) is 0 Å². The fraction of sp³-hybridized carbons (Fsp3) is 0.261. The third-order valence-electron chi connectivity index (χ3n) is 5.97. The Morgan fingerprint density at radius 2 is 2.03 bits per heavy atom. The van der Waals surface area contributed by atoms with Crippen molar-refractivity contribution in [3.63, 3.8) is 0 Å². The Bertz CT molecular complexity index is 1350. The predicted molar refractivity (Wildman–Crippen MR) is 121 cm³/mol. The van der Waals surface area contributed by atoms with Crippen LogP contribution >= 0.6 is 0 Å². The van der Waals surface area contributed by atoms with Gasteiger partial charge in [-0.15, -0.1) is 10.2 Å². The first-order chi connectivity index (χ1) is 15.5. The molecule has 0 atom stereocenters. The largest absolute Gasteiger partial charge is 0.360 e. The second-order valence-corrected chi connectivity index (χ2v) is 8.08. The van der Waals surface area contributed by atoms with Crippen LogP contribution in [0.3, 0.4) is 0 Å². The maximum absolute atomic E-state index is 13.1. The highest BCUT2D eigenvalue weighted by Gasteiger charge is 2.19. The number of non-ortho nitro benzene ring substituents is 1. The molecule has 3 heterocycles. The lowest BCUT2D eigenvalue weighted by atomic mass is 10.1. The van der Waals surface area contributed by atoms with Crippen molar-refractivity contribution in [1.29, 1.82) is 0 Å². The molecule has 162 valence electrons. The molecular formula is C23H22N6O3. The molecule has 0 spiro atoms. The van der Waals surface area contributed by atoms with Crippen molar-refractivity contribution in [2.75, 3.05) is 5.32 Å². The quantitative estimate of drug-likeness (QED) is 0.362. The molecule has 1 aliphatic heterocycles. The number of nitro benzene ring substituents is 1. The summed E-state index contributed by atoms with van der Waals surface area (Å²) in [7, 11) is 0. The first-order valence-corrected chi connectivity index (χ1v) is 10.6. The van der Waals surface area contributed by atoms with Crippen LogP contribution in [0.1, 0.15) is 41.0 Å². The molecule has 0 aliphatic carbocycles. The van der Waals surface area contributed by atoms with Gasteiger partial charge < -0.3 is 14.9 Å². The van der Waals surface area contributed by atoms with Crippen LogP contribution in [0, 0.1) is 17.0 Å². The predicted octanol–water partition coefficient (Wildman–Crippen LogP) is 4.62. The van der Waals surface area contributed by atoms with Crippen molar-refractivity contribution in [1.82, 2.24) is 19.7 Å². The van der Waals surface area contributed by atoms with Crippen molar-refractivity contribution in [3.8, 4) is 11.4 Å². The van der Waals surface area contributed by atoms with Crippen LogP contribution in [0.5, 0.6) is 0 Å². The van der Waals surface area contributed by atoms with Gasteiger partial charge in [0.1, 0.15) is 5.82 Å². The zero-order chi connectivity index (χ0) is 22.2. The molecule has 2 aromatic carbocycles. The summed E-state index contributed by atoms with van der Waals surface area (Å²) in [5.41, 5.74) is 3.42. The van der Waals surface area contributed by atoms with Gasteiger partial charge in [-0.1, -0.05) is 18.6 Å². The number of aromatic nitrogens is 4.